The van der Waals surface area contributed by atoms with Gasteiger partial charge < -0.3 is 14.8 Å². The number of anilines is 2. The van der Waals surface area contributed by atoms with Crippen molar-refractivity contribution in [1.29, 1.82) is 0 Å². The summed E-state index contributed by atoms with van der Waals surface area (Å²) < 4.78 is 5.23. The van der Waals surface area contributed by atoms with E-state index in [9.17, 15) is 4.79 Å². The van der Waals surface area contributed by atoms with E-state index in [0.717, 1.165) is 13.0 Å². The first-order chi connectivity index (χ1) is 18.2. The Labute approximate surface area is 226 Å². The maximum absolute atomic E-state index is 12.8. The molecule has 38 heavy (non-hydrogen) atoms. The van der Waals surface area contributed by atoms with Crippen molar-refractivity contribution in [2.75, 3.05) is 17.1 Å². The van der Waals surface area contributed by atoms with Crippen LogP contribution in [-0.2, 0) is 28.9 Å². The van der Waals surface area contributed by atoms with Gasteiger partial charge in [0, 0.05) is 23.3 Å². The van der Waals surface area contributed by atoms with Crippen molar-refractivity contribution in [2.45, 2.75) is 54.0 Å². The van der Waals surface area contributed by atoms with Gasteiger partial charge >= 0.3 is 13.0 Å². The Bertz CT molecular complexity index is 1610. The Balaban J connectivity index is 1.54. The molecule has 0 bridgehead atoms. The highest BCUT2D eigenvalue weighted by Crippen LogP contribution is 2.43. The highest BCUT2D eigenvalue weighted by Gasteiger charge is 2.44. The molecule has 4 aromatic carbocycles. The Kier molecular flexibility index (Phi) is 5.79. The van der Waals surface area contributed by atoms with Gasteiger partial charge in [-0.2, -0.15) is 0 Å². The van der Waals surface area contributed by atoms with Crippen molar-refractivity contribution in [3.63, 3.8) is 0 Å². The summed E-state index contributed by atoms with van der Waals surface area (Å²) in [6.07, 6.45) is 1.45. The molecule has 0 saturated heterocycles. The molecular weight excluding hydrogens is 467 g/mol. The van der Waals surface area contributed by atoms with Crippen molar-refractivity contribution >= 4 is 40.6 Å². The van der Waals surface area contributed by atoms with Gasteiger partial charge in [0.15, 0.2) is 0 Å². The number of nitrogens with zero attached hydrogens (tertiary/aromatic N) is 1. The van der Waals surface area contributed by atoms with Gasteiger partial charge in [-0.15, -0.1) is 0 Å². The van der Waals surface area contributed by atoms with Crippen LogP contribution in [0, 0.1) is 33.1 Å². The molecule has 0 spiro atoms. The minimum absolute atomic E-state index is 0.0370. The van der Waals surface area contributed by atoms with E-state index in [1.807, 2.05) is 6.92 Å². The maximum atomic E-state index is 12.8. The third kappa shape index (κ3) is 3.71. The summed E-state index contributed by atoms with van der Waals surface area (Å²) >= 11 is 0. The highest BCUT2D eigenvalue weighted by atomic mass is 16.5. The minimum Gasteiger partial charge on any atom is -0.469 e. The number of aryl methyl sites for hydroxylation is 1. The van der Waals surface area contributed by atoms with Crippen LogP contribution in [0.4, 0.5) is 11.4 Å². The van der Waals surface area contributed by atoms with Crippen LogP contribution in [0.5, 0.6) is 0 Å². The first-order valence-electron chi connectivity index (χ1n) is 13.5. The normalized spacial score (nSPS) is 17.9. The quantitative estimate of drug-likeness (QED) is 0.267. The molecule has 1 aliphatic carbocycles. The first-order valence-corrected chi connectivity index (χ1v) is 13.5. The Morgan fingerprint density at radius 2 is 1.63 bits per heavy atom. The van der Waals surface area contributed by atoms with Crippen molar-refractivity contribution in [1.82, 2.24) is 0 Å². The third-order valence-electron chi connectivity index (χ3n) is 8.96. The number of methoxy groups -OCH3 is 1. The lowest BCUT2D eigenvalue weighted by atomic mass is 9.59. The van der Waals surface area contributed by atoms with Crippen molar-refractivity contribution in [2.24, 2.45) is 5.41 Å². The molecule has 0 aromatic heterocycles. The van der Waals surface area contributed by atoms with E-state index in [2.05, 4.69) is 98.4 Å². The highest BCUT2D eigenvalue weighted by molar-refractivity contribution is 6.81. The number of esters is 1. The van der Waals surface area contributed by atoms with Crippen LogP contribution in [0.3, 0.4) is 0 Å². The van der Waals surface area contributed by atoms with Gasteiger partial charge in [-0.1, -0.05) is 54.1 Å². The van der Waals surface area contributed by atoms with E-state index in [-0.39, 0.29) is 13.0 Å². The Hall–Kier alpha value is -3.73. The molecule has 0 saturated carbocycles. The van der Waals surface area contributed by atoms with Gasteiger partial charge in [0.2, 0.25) is 0 Å². The second kappa shape index (κ2) is 8.94. The number of fused-ring (bicyclic) bond motifs is 1. The third-order valence-corrected chi connectivity index (χ3v) is 8.96. The number of carbonyl (C=O) groups is 1. The van der Waals surface area contributed by atoms with E-state index in [4.69, 9.17) is 4.74 Å². The summed E-state index contributed by atoms with van der Waals surface area (Å²) in [5.74, 6) is -0.121. The summed E-state index contributed by atoms with van der Waals surface area (Å²) in [5, 5.41) is 6.46. The van der Waals surface area contributed by atoms with Crippen LogP contribution in [0.25, 0.3) is 10.8 Å². The van der Waals surface area contributed by atoms with Crippen molar-refractivity contribution in [3.05, 3.63) is 99.6 Å². The lowest BCUT2D eigenvalue weighted by molar-refractivity contribution is -0.151. The molecule has 192 valence electrons. The van der Waals surface area contributed by atoms with Crippen LogP contribution < -0.4 is 15.5 Å². The molecule has 1 atom stereocenters. The largest absolute Gasteiger partial charge is 0.469 e. The predicted molar refractivity (Wildman–Crippen MR) is 159 cm³/mol. The number of benzene rings is 4. The van der Waals surface area contributed by atoms with Gasteiger partial charge in [0.1, 0.15) is 0 Å². The molecule has 1 aliphatic heterocycles. The second-order valence-corrected chi connectivity index (χ2v) is 11.5. The average Bonchev–Trinajstić information content (AvgIpc) is 3.28. The van der Waals surface area contributed by atoms with Gasteiger partial charge in [-0.3, -0.25) is 4.79 Å². The number of rotatable bonds is 4. The topological polar surface area (TPSA) is 41.6 Å². The molecule has 1 heterocycles. The summed E-state index contributed by atoms with van der Waals surface area (Å²) in [5.41, 5.74) is 12.3. The van der Waals surface area contributed by atoms with Gasteiger partial charge in [-0.05, 0) is 104 Å². The summed E-state index contributed by atoms with van der Waals surface area (Å²) in [7, 11) is 1.50. The maximum Gasteiger partial charge on any atom is 0.409 e. The number of ether oxygens (including phenoxy) is 1. The lowest BCUT2D eigenvalue weighted by Crippen LogP contribution is -2.57. The molecule has 0 amide bonds. The fourth-order valence-electron chi connectivity index (χ4n) is 6.90. The molecule has 4 nitrogen and oxygen atoms in total. The van der Waals surface area contributed by atoms with Crippen LogP contribution in [0.2, 0.25) is 0 Å². The predicted octanol–water partition coefficient (Wildman–Crippen LogP) is 6.18. The monoisotopic (exact) mass is 502 g/mol. The molecule has 0 fully saturated rings. The van der Waals surface area contributed by atoms with E-state index in [1.165, 1.54) is 73.7 Å². The van der Waals surface area contributed by atoms with Crippen LogP contribution in [-0.4, -0.2) is 20.1 Å². The zero-order valence-corrected chi connectivity index (χ0v) is 23.2. The molecule has 6 rings (SSSR count). The van der Waals surface area contributed by atoms with Crippen molar-refractivity contribution < 1.29 is 9.53 Å². The smallest absolute Gasteiger partial charge is 0.409 e. The molecule has 1 unspecified atom stereocenters. The SMILES string of the molecule is COC(=O)C1(C)Cc2c(C)c(C)c(B3Nc4cccc5cccc(c45)N3Cc3cccc(C)c3)c(C)c2C1. The van der Waals surface area contributed by atoms with E-state index < -0.39 is 5.41 Å². The van der Waals surface area contributed by atoms with E-state index in [1.54, 1.807) is 0 Å². The molecule has 0 radical (unpaired) electrons. The molecule has 4 aromatic rings. The first kappa shape index (κ1) is 24.6. The van der Waals surface area contributed by atoms with Crippen LogP contribution in [0.15, 0.2) is 60.7 Å². The zero-order valence-electron chi connectivity index (χ0n) is 23.2. The van der Waals surface area contributed by atoms with Crippen LogP contribution >= 0.6 is 0 Å². The van der Waals surface area contributed by atoms with E-state index in [0.29, 0.717) is 6.42 Å². The molecule has 5 heteroatoms. The fourth-order valence-corrected chi connectivity index (χ4v) is 6.90. The zero-order chi connectivity index (χ0) is 26.8. The minimum atomic E-state index is -0.517. The molecule has 2 aliphatic rings. The molecule has 1 N–H and O–H groups in total. The van der Waals surface area contributed by atoms with Crippen LogP contribution in [0.1, 0.15) is 45.9 Å². The second-order valence-electron chi connectivity index (χ2n) is 11.5. The number of hydrogen-bond donors (Lipinski definition) is 1. The van der Waals surface area contributed by atoms with E-state index >= 15 is 0 Å². The summed E-state index contributed by atoms with van der Waals surface area (Å²) in [6.45, 7) is 11.7. The Morgan fingerprint density at radius 3 is 2.34 bits per heavy atom. The average molecular weight is 502 g/mol. The molecular formula is C33H35BN2O2. The fraction of sp³-hybridized carbons (Fsp3) is 0.303. The van der Waals surface area contributed by atoms with Gasteiger partial charge in [-0.25, -0.2) is 0 Å². The number of carbonyl (C=O) groups excluding carboxylic acids is 1. The van der Waals surface area contributed by atoms with Gasteiger partial charge in [0.05, 0.1) is 12.5 Å². The number of hydrogen-bond acceptors (Lipinski definition) is 4. The summed E-state index contributed by atoms with van der Waals surface area (Å²) in [6, 6.07) is 22.0. The number of nitrogens with one attached hydrogen (secondary N) is 1. The standard InChI is InChI=1S/C33H35BN2O2/c1-20-10-7-11-24(16-20)19-36-29-15-9-13-25-12-8-14-28(30(25)29)35-34(36)31-22(3)21(2)26-17-33(5,32(37)38-6)18-27(26)23(31)4/h7-16,35H,17-19H2,1-6H3. The Morgan fingerprint density at radius 1 is 0.947 bits per heavy atom. The lowest BCUT2D eigenvalue weighted by Gasteiger charge is -2.39. The van der Waals surface area contributed by atoms with Crippen molar-refractivity contribution in [3.8, 4) is 0 Å². The van der Waals surface area contributed by atoms with Gasteiger partial charge in [0.25, 0.3) is 0 Å². The summed E-state index contributed by atoms with van der Waals surface area (Å²) in [4.78, 5) is 15.3.